The zero-order valence-electron chi connectivity index (χ0n) is 9.87. The Hall–Kier alpha value is -2.14. The third kappa shape index (κ3) is 2.41. The van der Waals surface area contributed by atoms with Crippen molar-refractivity contribution < 1.29 is 5.11 Å². The first-order chi connectivity index (χ1) is 8.59. The van der Waals surface area contributed by atoms with Crippen molar-refractivity contribution in [2.24, 2.45) is 5.73 Å². The summed E-state index contributed by atoms with van der Waals surface area (Å²) in [5.74, 6) is 0.915. The molecule has 18 heavy (non-hydrogen) atoms. The third-order valence-electron chi connectivity index (χ3n) is 2.61. The number of aromatic nitrogens is 1. The van der Waals surface area contributed by atoms with Gasteiger partial charge in [-0.2, -0.15) is 0 Å². The van der Waals surface area contributed by atoms with Crippen LogP contribution in [0.1, 0.15) is 5.56 Å². The van der Waals surface area contributed by atoms with Gasteiger partial charge in [0.1, 0.15) is 16.6 Å². The molecule has 3 N–H and O–H groups in total. The Bertz CT molecular complexity index is 569. The van der Waals surface area contributed by atoms with Crippen molar-refractivity contribution in [3.63, 3.8) is 0 Å². The Balaban J connectivity index is 2.42. The van der Waals surface area contributed by atoms with Gasteiger partial charge in [0, 0.05) is 18.9 Å². The summed E-state index contributed by atoms with van der Waals surface area (Å²) < 4.78 is 0. The number of anilines is 2. The molecule has 1 aromatic carbocycles. The normalized spacial score (nSPS) is 10.1. The van der Waals surface area contributed by atoms with Gasteiger partial charge in [0.05, 0.1) is 5.56 Å². The molecule has 92 valence electrons. The maximum absolute atomic E-state index is 9.28. The van der Waals surface area contributed by atoms with E-state index in [4.69, 9.17) is 18.0 Å². The van der Waals surface area contributed by atoms with Gasteiger partial charge in [-0.25, -0.2) is 4.98 Å². The fourth-order valence-electron chi connectivity index (χ4n) is 1.66. The van der Waals surface area contributed by atoms with Crippen LogP contribution in [-0.2, 0) is 0 Å². The predicted octanol–water partition coefficient (Wildman–Crippen LogP) is 2.19. The van der Waals surface area contributed by atoms with E-state index in [0.717, 1.165) is 11.3 Å². The lowest BCUT2D eigenvalue weighted by Crippen LogP contribution is -2.18. The van der Waals surface area contributed by atoms with Gasteiger partial charge in [0.25, 0.3) is 0 Å². The standard InChI is InChI=1S/C13H13N3OS/c1-16(9-4-6-10(17)7-5-9)13-11(12(14)18)3-2-8-15-13/h2-8,17H,1H3,(H2,14,18). The molecule has 0 spiro atoms. The number of pyridine rings is 1. The lowest BCUT2D eigenvalue weighted by atomic mass is 10.2. The molecule has 4 nitrogen and oxygen atoms in total. The summed E-state index contributed by atoms with van der Waals surface area (Å²) in [5.41, 5.74) is 7.30. The highest BCUT2D eigenvalue weighted by Crippen LogP contribution is 2.26. The Morgan fingerprint density at radius 1 is 1.28 bits per heavy atom. The van der Waals surface area contributed by atoms with Crippen molar-refractivity contribution in [1.82, 2.24) is 4.98 Å². The summed E-state index contributed by atoms with van der Waals surface area (Å²) in [6, 6.07) is 10.5. The van der Waals surface area contributed by atoms with E-state index in [2.05, 4.69) is 4.98 Å². The SMILES string of the molecule is CN(c1ccc(O)cc1)c1ncccc1C(N)=S. The number of thiocarbonyl (C=S) groups is 1. The van der Waals surface area contributed by atoms with Gasteiger partial charge in [0.2, 0.25) is 0 Å². The van der Waals surface area contributed by atoms with E-state index < -0.39 is 0 Å². The van der Waals surface area contributed by atoms with Gasteiger partial charge >= 0.3 is 0 Å². The number of rotatable bonds is 3. The van der Waals surface area contributed by atoms with Gasteiger partial charge in [-0.3, -0.25) is 0 Å². The van der Waals surface area contributed by atoms with Gasteiger partial charge in [-0.05, 0) is 36.4 Å². The fourth-order valence-corrected chi connectivity index (χ4v) is 1.81. The molecule has 0 saturated carbocycles. The van der Waals surface area contributed by atoms with E-state index in [-0.39, 0.29) is 5.75 Å². The average Bonchev–Trinajstić information content (AvgIpc) is 2.39. The van der Waals surface area contributed by atoms with Crippen LogP contribution in [0.5, 0.6) is 5.75 Å². The number of nitrogens with zero attached hydrogens (tertiary/aromatic N) is 2. The second-order valence-corrected chi connectivity index (χ2v) is 4.25. The maximum Gasteiger partial charge on any atom is 0.142 e. The molecule has 5 heteroatoms. The van der Waals surface area contributed by atoms with Crippen LogP contribution in [0.4, 0.5) is 11.5 Å². The molecule has 0 aliphatic carbocycles. The summed E-state index contributed by atoms with van der Waals surface area (Å²) in [6.07, 6.45) is 1.69. The van der Waals surface area contributed by atoms with Crippen molar-refractivity contribution in [3.05, 3.63) is 48.2 Å². The van der Waals surface area contributed by atoms with Crippen LogP contribution in [0.15, 0.2) is 42.6 Å². The minimum atomic E-state index is 0.225. The predicted molar refractivity (Wildman–Crippen MR) is 76.3 cm³/mol. The van der Waals surface area contributed by atoms with Crippen molar-refractivity contribution in [3.8, 4) is 5.75 Å². The highest BCUT2D eigenvalue weighted by molar-refractivity contribution is 7.80. The first-order valence-corrected chi connectivity index (χ1v) is 5.78. The van der Waals surface area contributed by atoms with Crippen molar-refractivity contribution in [1.29, 1.82) is 0 Å². The molecule has 0 fully saturated rings. The summed E-state index contributed by atoms with van der Waals surface area (Å²) in [7, 11) is 1.87. The summed E-state index contributed by atoms with van der Waals surface area (Å²) in [5, 5.41) is 9.28. The van der Waals surface area contributed by atoms with Gasteiger partial charge in [-0.15, -0.1) is 0 Å². The molecule has 2 aromatic rings. The highest BCUT2D eigenvalue weighted by atomic mass is 32.1. The second kappa shape index (κ2) is 5.01. The van der Waals surface area contributed by atoms with Gasteiger partial charge in [0.15, 0.2) is 0 Å². The van der Waals surface area contributed by atoms with Crippen LogP contribution in [-0.4, -0.2) is 22.1 Å². The molecular weight excluding hydrogens is 246 g/mol. The smallest absolute Gasteiger partial charge is 0.142 e. The molecule has 2 rings (SSSR count). The first kappa shape index (κ1) is 12.3. The molecule has 1 heterocycles. The minimum absolute atomic E-state index is 0.225. The Kier molecular flexibility index (Phi) is 3.43. The van der Waals surface area contributed by atoms with Crippen LogP contribution >= 0.6 is 12.2 Å². The number of benzene rings is 1. The number of aromatic hydroxyl groups is 1. The monoisotopic (exact) mass is 259 g/mol. The van der Waals surface area contributed by atoms with Gasteiger partial charge in [-0.1, -0.05) is 12.2 Å². The number of phenolic OH excluding ortho intramolecular Hbond substituents is 1. The summed E-state index contributed by atoms with van der Waals surface area (Å²) in [6.45, 7) is 0. The number of nitrogens with two attached hydrogens (primary N) is 1. The van der Waals surface area contributed by atoms with Crippen LogP contribution < -0.4 is 10.6 Å². The van der Waals surface area contributed by atoms with E-state index in [1.165, 1.54) is 0 Å². The van der Waals surface area contributed by atoms with Crippen LogP contribution in [0.2, 0.25) is 0 Å². The largest absolute Gasteiger partial charge is 0.508 e. The fraction of sp³-hybridized carbons (Fsp3) is 0.0769. The molecule has 0 aliphatic heterocycles. The molecule has 0 radical (unpaired) electrons. The van der Waals surface area contributed by atoms with Crippen LogP contribution in [0.25, 0.3) is 0 Å². The molecule has 0 unspecified atom stereocenters. The van der Waals surface area contributed by atoms with E-state index in [1.54, 1.807) is 36.5 Å². The molecule has 0 aliphatic rings. The first-order valence-electron chi connectivity index (χ1n) is 5.37. The summed E-state index contributed by atoms with van der Waals surface area (Å²) >= 11 is 5.01. The second-order valence-electron chi connectivity index (χ2n) is 3.81. The lowest BCUT2D eigenvalue weighted by Gasteiger charge is -2.20. The molecule has 0 bridgehead atoms. The van der Waals surface area contributed by atoms with E-state index in [1.807, 2.05) is 18.0 Å². The molecule has 0 atom stereocenters. The van der Waals surface area contributed by atoms with Crippen LogP contribution in [0, 0.1) is 0 Å². The quantitative estimate of drug-likeness (QED) is 0.827. The van der Waals surface area contributed by atoms with Crippen molar-refractivity contribution >= 4 is 28.7 Å². The zero-order chi connectivity index (χ0) is 13.1. The van der Waals surface area contributed by atoms with Crippen LogP contribution in [0.3, 0.4) is 0 Å². The van der Waals surface area contributed by atoms with Gasteiger partial charge < -0.3 is 15.7 Å². The average molecular weight is 259 g/mol. The lowest BCUT2D eigenvalue weighted by molar-refractivity contribution is 0.475. The minimum Gasteiger partial charge on any atom is -0.508 e. The maximum atomic E-state index is 9.28. The van der Waals surface area contributed by atoms with Crippen molar-refractivity contribution in [2.45, 2.75) is 0 Å². The third-order valence-corrected chi connectivity index (χ3v) is 2.83. The summed E-state index contributed by atoms with van der Waals surface area (Å²) in [4.78, 5) is 6.47. The Morgan fingerprint density at radius 3 is 2.56 bits per heavy atom. The number of hydrogen-bond acceptors (Lipinski definition) is 4. The Morgan fingerprint density at radius 2 is 1.94 bits per heavy atom. The molecule has 1 aromatic heterocycles. The topological polar surface area (TPSA) is 62.4 Å². The highest BCUT2D eigenvalue weighted by Gasteiger charge is 2.12. The Labute approximate surface area is 111 Å². The number of phenols is 1. The molecule has 0 saturated heterocycles. The van der Waals surface area contributed by atoms with E-state index in [9.17, 15) is 5.11 Å². The number of hydrogen-bond donors (Lipinski definition) is 2. The van der Waals surface area contributed by atoms with E-state index >= 15 is 0 Å². The molecule has 0 amide bonds. The zero-order valence-corrected chi connectivity index (χ0v) is 10.7. The van der Waals surface area contributed by atoms with Crippen molar-refractivity contribution in [2.75, 3.05) is 11.9 Å². The van der Waals surface area contributed by atoms with E-state index in [0.29, 0.717) is 10.8 Å². The molecular formula is C13H13N3OS.